The van der Waals surface area contributed by atoms with Gasteiger partial charge in [-0.2, -0.15) is 0 Å². The van der Waals surface area contributed by atoms with Crippen molar-refractivity contribution in [3.8, 4) is 0 Å². The summed E-state index contributed by atoms with van der Waals surface area (Å²) in [6.07, 6.45) is 0. The van der Waals surface area contributed by atoms with E-state index in [2.05, 4.69) is 0 Å². The van der Waals surface area contributed by atoms with Crippen LogP contribution in [-0.4, -0.2) is 23.1 Å². The summed E-state index contributed by atoms with van der Waals surface area (Å²) in [4.78, 5) is 0. The van der Waals surface area contributed by atoms with Crippen LogP contribution < -0.4 is 0 Å². The van der Waals surface area contributed by atoms with Gasteiger partial charge >= 0.3 is 23.1 Å². The van der Waals surface area contributed by atoms with Crippen LogP contribution in [0.15, 0.2) is 0 Å². The summed E-state index contributed by atoms with van der Waals surface area (Å²) in [5.41, 5.74) is 0. The second-order valence-electron chi connectivity index (χ2n) is 0. The summed E-state index contributed by atoms with van der Waals surface area (Å²) in [6, 6.07) is 0. The Kier molecular flexibility index (Phi) is 1610. The second-order valence-corrected chi connectivity index (χ2v) is 0. The molecule has 0 rings (SSSR count). The molecule has 0 N–H and O–H groups in total. The molecular weight excluding hydrogens is 272 g/mol. The molecule has 0 spiro atoms. The normalized spacial score (nSPS) is 0. The van der Waals surface area contributed by atoms with Gasteiger partial charge in [-0.3, -0.25) is 0 Å². The summed E-state index contributed by atoms with van der Waals surface area (Å²) in [5, 5.41) is 0. The summed E-state index contributed by atoms with van der Waals surface area (Å²) >= 11 is 0. The van der Waals surface area contributed by atoms with Crippen molar-refractivity contribution in [1.82, 2.24) is 0 Å². The second kappa shape index (κ2) is 96.9. The van der Waals surface area contributed by atoms with E-state index in [1.165, 1.54) is 0 Å². The quantitative estimate of drug-likeness (QED) is 0.599. The molecule has 0 radical (unpaired) electrons. The van der Waals surface area contributed by atoms with E-state index in [1.54, 1.807) is 0 Å². The van der Waals surface area contributed by atoms with Gasteiger partial charge in [-0.25, -0.2) is 0 Å². The van der Waals surface area contributed by atoms with Crippen LogP contribution in [0.4, 0.5) is 0 Å². The molecule has 0 saturated carbocycles. The third-order valence-electron chi connectivity index (χ3n) is 0. The van der Waals surface area contributed by atoms with E-state index in [9.17, 15) is 0 Å². The third-order valence-corrected chi connectivity index (χ3v) is 0. The number of halogens is 7. The molecule has 8 heteroatoms. The summed E-state index contributed by atoms with van der Waals surface area (Å²) in [7, 11) is 0. The molecule has 60 valence electrons. The first-order valence-electron chi connectivity index (χ1n) is 0. The van der Waals surface area contributed by atoms with Crippen LogP contribution in [0.1, 0.15) is 2.85 Å². The van der Waals surface area contributed by atoms with Crippen molar-refractivity contribution < 1.29 is 2.85 Å². The van der Waals surface area contributed by atoms with E-state index >= 15 is 0 Å². The summed E-state index contributed by atoms with van der Waals surface area (Å²) in [5.74, 6) is 0. The van der Waals surface area contributed by atoms with Crippen LogP contribution in [0.2, 0.25) is 0 Å². The van der Waals surface area contributed by atoms with Crippen molar-refractivity contribution in [3.05, 3.63) is 0 Å². The van der Waals surface area contributed by atoms with Gasteiger partial charge in [0.1, 0.15) is 0 Å². The Morgan fingerprint density at radius 1 is 0.375 bits per heavy atom. The Balaban J connectivity index is 0. The average Bonchev–Trinajstić information content (AvgIpc) is 0. The van der Waals surface area contributed by atoms with Crippen LogP contribution >= 0.6 is 86.8 Å². The van der Waals surface area contributed by atoms with Gasteiger partial charge in [-0.15, -0.1) is 86.8 Å². The molecule has 0 aromatic heterocycles. The van der Waals surface area contributed by atoms with Crippen molar-refractivity contribution in [2.45, 2.75) is 0 Å². The fourth-order valence-electron chi connectivity index (χ4n) is 0. The zero-order valence-electron chi connectivity index (χ0n) is 5.56. The molecule has 0 aromatic rings. The van der Waals surface area contributed by atoms with Crippen molar-refractivity contribution in [1.29, 1.82) is 0 Å². The van der Waals surface area contributed by atoms with E-state index in [0.717, 1.165) is 0 Å². The maximum atomic E-state index is 0. The molecule has 0 aliphatic rings. The van der Waals surface area contributed by atoms with Crippen molar-refractivity contribution in [3.63, 3.8) is 0 Å². The first-order chi connectivity index (χ1) is 0. The smallest absolute Gasteiger partial charge is 1.00 e. The molecule has 0 aliphatic carbocycles. The van der Waals surface area contributed by atoms with Crippen LogP contribution in [0, 0.1) is 0 Å². The topological polar surface area (TPSA) is 0 Å². The van der Waals surface area contributed by atoms with Crippen LogP contribution in [0.5, 0.6) is 0 Å². The molecule has 0 saturated heterocycles. The molecule has 0 aromatic carbocycles. The van der Waals surface area contributed by atoms with Crippen LogP contribution in [-0.2, 0) is 0 Å². The minimum absolute atomic E-state index is 0. The molecular formula is H9Cl7Mg. The Morgan fingerprint density at radius 3 is 0.375 bits per heavy atom. The van der Waals surface area contributed by atoms with Gasteiger partial charge in [0, 0.05) is 0 Å². The molecule has 0 nitrogen and oxygen atoms in total. The monoisotopic (exact) mass is 278 g/mol. The maximum Gasteiger partial charge on any atom is 2.00 e. The largest absolute Gasteiger partial charge is 2.00 e. The Hall–Kier alpha value is 2.80. The van der Waals surface area contributed by atoms with E-state index in [1.807, 2.05) is 0 Å². The predicted octanol–water partition coefficient (Wildman–Crippen LogP) is 2.80. The SMILES string of the molecule is Cl.Cl.Cl.Cl.Cl.Cl.Cl.[H-].[H-].[Mg+2]. The first-order valence-corrected chi connectivity index (χ1v) is 0. The first kappa shape index (κ1) is 133. The molecule has 0 fully saturated rings. The minimum Gasteiger partial charge on any atom is -1.00 e. The standard InChI is InChI=1S/7ClH.Mg.2H/h7*1H;;;/q;;;;;;;+2;2*-1. The zero-order chi connectivity index (χ0) is 0. The molecule has 0 amide bonds. The van der Waals surface area contributed by atoms with Crippen molar-refractivity contribution >= 4 is 110 Å². The Morgan fingerprint density at radius 2 is 0.375 bits per heavy atom. The molecule has 0 unspecified atom stereocenters. The summed E-state index contributed by atoms with van der Waals surface area (Å²) in [6.45, 7) is 0. The van der Waals surface area contributed by atoms with Gasteiger partial charge < -0.3 is 2.85 Å². The van der Waals surface area contributed by atoms with Crippen molar-refractivity contribution in [2.24, 2.45) is 0 Å². The number of rotatable bonds is 0. The fraction of sp³-hybridized carbons (Fsp3) is 0. The van der Waals surface area contributed by atoms with Gasteiger partial charge in [0.25, 0.3) is 0 Å². The average molecular weight is 282 g/mol. The van der Waals surface area contributed by atoms with E-state index in [-0.39, 0.29) is 113 Å². The van der Waals surface area contributed by atoms with E-state index in [4.69, 9.17) is 0 Å². The van der Waals surface area contributed by atoms with E-state index < -0.39 is 0 Å². The zero-order valence-corrected chi connectivity index (χ0v) is 10.7. The van der Waals surface area contributed by atoms with E-state index in [0.29, 0.717) is 0 Å². The fourth-order valence-corrected chi connectivity index (χ4v) is 0. The van der Waals surface area contributed by atoms with Gasteiger partial charge in [0.15, 0.2) is 0 Å². The summed E-state index contributed by atoms with van der Waals surface area (Å²) < 4.78 is 0. The predicted molar refractivity (Wildman–Crippen MR) is 58.7 cm³/mol. The molecule has 8 heavy (non-hydrogen) atoms. The van der Waals surface area contributed by atoms with Crippen LogP contribution in [0.3, 0.4) is 0 Å². The Labute approximate surface area is 112 Å². The maximum absolute atomic E-state index is 0. The minimum atomic E-state index is 0. The van der Waals surface area contributed by atoms with Gasteiger partial charge in [-0.1, -0.05) is 0 Å². The Bertz CT molecular complexity index is 11.6. The van der Waals surface area contributed by atoms with Crippen LogP contribution in [0.25, 0.3) is 0 Å². The van der Waals surface area contributed by atoms with Gasteiger partial charge in [0.2, 0.25) is 0 Å². The van der Waals surface area contributed by atoms with Gasteiger partial charge in [0.05, 0.1) is 0 Å². The number of hydrogen-bond donors (Lipinski definition) is 0. The molecule has 0 aliphatic heterocycles. The van der Waals surface area contributed by atoms with Crippen molar-refractivity contribution in [2.75, 3.05) is 0 Å². The van der Waals surface area contributed by atoms with Gasteiger partial charge in [-0.05, 0) is 0 Å². The molecule has 0 heterocycles. The number of hydrogen-bond acceptors (Lipinski definition) is 0. The third kappa shape index (κ3) is 68.4. The molecule has 0 atom stereocenters. The molecule has 0 bridgehead atoms.